The number of thiazole rings is 1. The number of piperidine rings is 1. The third kappa shape index (κ3) is 4.92. The molecule has 0 radical (unpaired) electrons. The van der Waals surface area contributed by atoms with Crippen LogP contribution in [0.2, 0.25) is 0 Å². The fraction of sp³-hybridized carbons (Fsp3) is 0.750. The second-order valence-electron chi connectivity index (χ2n) is 4.75. The summed E-state index contributed by atoms with van der Waals surface area (Å²) in [5.41, 5.74) is 0. The average molecular weight is 276 g/mol. The van der Waals surface area contributed by atoms with Gasteiger partial charge in [0.25, 0.3) is 0 Å². The van der Waals surface area contributed by atoms with Gasteiger partial charge >= 0.3 is 0 Å². The van der Waals surface area contributed by atoms with Crippen molar-refractivity contribution in [2.75, 3.05) is 26.7 Å². The van der Waals surface area contributed by atoms with Crippen LogP contribution in [0.25, 0.3) is 0 Å². The molecule has 0 amide bonds. The molecule has 5 heteroatoms. The Kier molecular flexibility index (Phi) is 6.41. The fourth-order valence-electron chi connectivity index (χ4n) is 2.33. The van der Waals surface area contributed by atoms with E-state index >= 15 is 0 Å². The van der Waals surface area contributed by atoms with E-state index in [-0.39, 0.29) is 12.4 Å². The molecule has 17 heavy (non-hydrogen) atoms. The number of halogens is 1. The summed E-state index contributed by atoms with van der Waals surface area (Å²) < 4.78 is 0. The molecule has 0 saturated carbocycles. The summed E-state index contributed by atoms with van der Waals surface area (Å²) in [7, 11) is 2.21. The van der Waals surface area contributed by atoms with Gasteiger partial charge in [-0.2, -0.15) is 0 Å². The molecule has 3 nitrogen and oxygen atoms in total. The highest BCUT2D eigenvalue weighted by molar-refractivity contribution is 7.11. The molecular weight excluding hydrogens is 254 g/mol. The van der Waals surface area contributed by atoms with E-state index in [0.717, 1.165) is 12.5 Å². The highest BCUT2D eigenvalue weighted by Crippen LogP contribution is 2.16. The SMILES string of the molecule is Cc1ncc(CN(C)CC2CCCNC2)s1.Cl. The van der Waals surface area contributed by atoms with E-state index in [4.69, 9.17) is 0 Å². The van der Waals surface area contributed by atoms with Crippen molar-refractivity contribution >= 4 is 23.7 Å². The molecule has 0 spiro atoms. The zero-order valence-electron chi connectivity index (χ0n) is 10.6. The van der Waals surface area contributed by atoms with Gasteiger partial charge in [-0.25, -0.2) is 4.98 Å². The van der Waals surface area contributed by atoms with Crippen molar-refractivity contribution in [1.82, 2.24) is 15.2 Å². The molecule has 1 aliphatic rings. The predicted octanol–water partition coefficient (Wildman–Crippen LogP) is 2.30. The summed E-state index contributed by atoms with van der Waals surface area (Å²) in [6, 6.07) is 0. The maximum absolute atomic E-state index is 4.30. The van der Waals surface area contributed by atoms with Gasteiger partial charge in [-0.15, -0.1) is 23.7 Å². The van der Waals surface area contributed by atoms with Gasteiger partial charge in [0.05, 0.1) is 5.01 Å². The minimum Gasteiger partial charge on any atom is -0.316 e. The summed E-state index contributed by atoms with van der Waals surface area (Å²) >= 11 is 1.81. The Morgan fingerprint density at radius 2 is 2.41 bits per heavy atom. The maximum atomic E-state index is 4.30. The van der Waals surface area contributed by atoms with Crippen LogP contribution in [-0.2, 0) is 6.54 Å². The van der Waals surface area contributed by atoms with Gasteiger partial charge in [0.2, 0.25) is 0 Å². The second kappa shape index (κ2) is 7.31. The lowest BCUT2D eigenvalue weighted by atomic mass is 9.99. The van der Waals surface area contributed by atoms with Gasteiger partial charge in [0.15, 0.2) is 0 Å². The zero-order chi connectivity index (χ0) is 11.4. The van der Waals surface area contributed by atoms with Crippen molar-refractivity contribution in [3.63, 3.8) is 0 Å². The first kappa shape index (κ1) is 14.9. The Labute approximate surface area is 114 Å². The lowest BCUT2D eigenvalue weighted by Crippen LogP contribution is -2.36. The first-order chi connectivity index (χ1) is 7.74. The summed E-state index contributed by atoms with van der Waals surface area (Å²) in [5, 5.41) is 4.64. The smallest absolute Gasteiger partial charge is 0.0897 e. The van der Waals surface area contributed by atoms with Crippen molar-refractivity contribution in [1.29, 1.82) is 0 Å². The summed E-state index contributed by atoms with van der Waals surface area (Å²) in [6.07, 6.45) is 4.72. The Bertz CT molecular complexity index is 323. The van der Waals surface area contributed by atoms with Crippen LogP contribution in [0.3, 0.4) is 0 Å². The number of aryl methyl sites for hydroxylation is 1. The lowest BCUT2D eigenvalue weighted by molar-refractivity contribution is 0.239. The molecule has 1 atom stereocenters. The van der Waals surface area contributed by atoms with Gasteiger partial charge in [-0.3, -0.25) is 0 Å². The standard InChI is InChI=1S/C12H21N3S.ClH/c1-10-14-7-12(16-10)9-15(2)8-11-4-3-5-13-6-11;/h7,11,13H,3-6,8-9H2,1-2H3;1H. The Morgan fingerprint density at radius 1 is 1.59 bits per heavy atom. The van der Waals surface area contributed by atoms with Crippen LogP contribution >= 0.6 is 23.7 Å². The minimum atomic E-state index is 0. The number of rotatable bonds is 4. The van der Waals surface area contributed by atoms with Crippen molar-refractivity contribution in [3.05, 3.63) is 16.1 Å². The summed E-state index contributed by atoms with van der Waals surface area (Å²) in [4.78, 5) is 8.10. The molecule has 1 saturated heterocycles. The van der Waals surface area contributed by atoms with E-state index < -0.39 is 0 Å². The molecule has 1 aromatic rings. The molecule has 0 aromatic carbocycles. The molecule has 2 rings (SSSR count). The highest BCUT2D eigenvalue weighted by Gasteiger charge is 2.15. The van der Waals surface area contributed by atoms with Gasteiger partial charge in [-0.05, 0) is 45.8 Å². The number of hydrogen-bond acceptors (Lipinski definition) is 4. The normalized spacial score (nSPS) is 20.3. The summed E-state index contributed by atoms with van der Waals surface area (Å²) in [6.45, 7) is 6.70. The molecule has 0 aliphatic carbocycles. The largest absolute Gasteiger partial charge is 0.316 e. The molecule has 1 unspecified atom stereocenters. The van der Waals surface area contributed by atoms with Gasteiger partial charge in [0, 0.05) is 24.2 Å². The van der Waals surface area contributed by atoms with Crippen molar-refractivity contribution in [2.24, 2.45) is 5.92 Å². The number of nitrogens with one attached hydrogen (secondary N) is 1. The Morgan fingerprint density at radius 3 is 3.00 bits per heavy atom. The molecule has 1 N–H and O–H groups in total. The molecular formula is C12H22ClN3S. The third-order valence-electron chi connectivity index (χ3n) is 3.06. The Balaban J connectivity index is 0.00000144. The number of aromatic nitrogens is 1. The van der Waals surface area contributed by atoms with E-state index in [2.05, 4.69) is 29.2 Å². The maximum Gasteiger partial charge on any atom is 0.0897 e. The van der Waals surface area contributed by atoms with E-state index in [1.807, 2.05) is 17.5 Å². The average Bonchev–Trinajstić information content (AvgIpc) is 2.65. The Hall–Kier alpha value is -0.160. The van der Waals surface area contributed by atoms with Crippen molar-refractivity contribution in [2.45, 2.75) is 26.3 Å². The molecule has 1 fully saturated rings. The fourth-order valence-corrected chi connectivity index (χ4v) is 3.20. The van der Waals surface area contributed by atoms with Crippen LogP contribution in [0, 0.1) is 12.8 Å². The number of nitrogens with zero attached hydrogens (tertiary/aromatic N) is 2. The van der Waals surface area contributed by atoms with E-state index in [0.29, 0.717) is 0 Å². The van der Waals surface area contributed by atoms with Crippen LogP contribution in [0.4, 0.5) is 0 Å². The lowest BCUT2D eigenvalue weighted by Gasteiger charge is -2.27. The van der Waals surface area contributed by atoms with Gasteiger partial charge < -0.3 is 10.2 Å². The molecule has 1 aliphatic heterocycles. The summed E-state index contributed by atoms with van der Waals surface area (Å²) in [5.74, 6) is 0.827. The predicted molar refractivity (Wildman–Crippen MR) is 76.0 cm³/mol. The quantitative estimate of drug-likeness (QED) is 0.914. The first-order valence-electron chi connectivity index (χ1n) is 6.04. The zero-order valence-corrected chi connectivity index (χ0v) is 12.2. The molecule has 0 bridgehead atoms. The van der Waals surface area contributed by atoms with E-state index in [9.17, 15) is 0 Å². The number of hydrogen-bond donors (Lipinski definition) is 1. The van der Waals surface area contributed by atoms with Crippen LogP contribution in [0.15, 0.2) is 6.20 Å². The van der Waals surface area contributed by atoms with Crippen LogP contribution in [0.1, 0.15) is 22.7 Å². The van der Waals surface area contributed by atoms with Gasteiger partial charge in [-0.1, -0.05) is 0 Å². The van der Waals surface area contributed by atoms with Crippen LogP contribution < -0.4 is 5.32 Å². The van der Waals surface area contributed by atoms with Crippen molar-refractivity contribution < 1.29 is 0 Å². The van der Waals surface area contributed by atoms with Crippen molar-refractivity contribution in [3.8, 4) is 0 Å². The minimum absolute atomic E-state index is 0. The molecule has 1 aromatic heterocycles. The van der Waals surface area contributed by atoms with Crippen LogP contribution in [0.5, 0.6) is 0 Å². The third-order valence-corrected chi connectivity index (χ3v) is 3.96. The van der Waals surface area contributed by atoms with Gasteiger partial charge in [0.1, 0.15) is 0 Å². The van der Waals surface area contributed by atoms with E-state index in [1.54, 1.807) is 0 Å². The second-order valence-corrected chi connectivity index (χ2v) is 6.07. The van der Waals surface area contributed by atoms with Crippen LogP contribution in [-0.4, -0.2) is 36.6 Å². The van der Waals surface area contributed by atoms with E-state index in [1.165, 1.54) is 42.4 Å². The highest BCUT2D eigenvalue weighted by atomic mass is 35.5. The molecule has 98 valence electrons. The topological polar surface area (TPSA) is 28.2 Å². The first-order valence-corrected chi connectivity index (χ1v) is 6.86. The monoisotopic (exact) mass is 275 g/mol. The molecule has 2 heterocycles.